The lowest BCUT2D eigenvalue weighted by Gasteiger charge is -2.32. The van der Waals surface area contributed by atoms with Crippen LogP contribution in [0, 0.1) is 5.92 Å². The summed E-state index contributed by atoms with van der Waals surface area (Å²) >= 11 is 3.14. The van der Waals surface area contributed by atoms with E-state index >= 15 is 0 Å². The normalized spacial score (nSPS) is 13.8. The van der Waals surface area contributed by atoms with Crippen molar-refractivity contribution < 1.29 is 14.0 Å². The molecule has 0 aliphatic rings. The molecule has 6 nitrogen and oxygen atoms in total. The van der Waals surface area contributed by atoms with Gasteiger partial charge in [-0.05, 0) is 47.3 Å². The van der Waals surface area contributed by atoms with Gasteiger partial charge in [0.25, 0.3) is 5.91 Å². The minimum absolute atomic E-state index is 0.0508. The highest BCUT2D eigenvalue weighted by molar-refractivity contribution is 9.10. The number of nitrogens with one attached hydrogen (secondary N) is 1. The lowest BCUT2D eigenvalue weighted by molar-refractivity contribution is -0.123. The van der Waals surface area contributed by atoms with Gasteiger partial charge in [-0.2, -0.15) is 0 Å². The number of carbonyl (C=O) groups is 2. The molecule has 7 heteroatoms. The maximum absolute atomic E-state index is 12.2. The van der Waals surface area contributed by atoms with Gasteiger partial charge in [-0.1, -0.05) is 13.8 Å². The zero-order valence-electron chi connectivity index (χ0n) is 13.5. The quantitative estimate of drug-likeness (QED) is 0.764. The Hall–Kier alpha value is -1.34. The Morgan fingerprint density at radius 1 is 1.45 bits per heavy atom. The highest BCUT2D eigenvalue weighted by atomic mass is 79.9. The van der Waals surface area contributed by atoms with E-state index in [1.165, 1.54) is 4.90 Å². The Bertz CT molecular complexity index is 530. The molecule has 22 heavy (non-hydrogen) atoms. The van der Waals surface area contributed by atoms with Crippen LogP contribution in [0.3, 0.4) is 0 Å². The van der Waals surface area contributed by atoms with Crippen molar-refractivity contribution in [2.45, 2.75) is 32.7 Å². The van der Waals surface area contributed by atoms with Crippen molar-refractivity contribution in [3.05, 3.63) is 22.6 Å². The van der Waals surface area contributed by atoms with Crippen LogP contribution in [-0.4, -0.2) is 42.4 Å². The lowest BCUT2D eigenvalue weighted by atomic mass is 9.91. The maximum Gasteiger partial charge on any atom is 0.289 e. The highest BCUT2D eigenvalue weighted by Crippen LogP contribution is 2.16. The summed E-state index contributed by atoms with van der Waals surface area (Å²) in [5.41, 5.74) is 5.30. The molecule has 0 saturated carbocycles. The lowest BCUT2D eigenvalue weighted by Crippen LogP contribution is -2.54. The Morgan fingerprint density at radius 2 is 2.09 bits per heavy atom. The molecule has 1 heterocycles. The van der Waals surface area contributed by atoms with Crippen molar-refractivity contribution in [2.24, 2.45) is 11.7 Å². The molecule has 1 atom stereocenters. The minimum Gasteiger partial charge on any atom is -0.444 e. The predicted molar refractivity (Wildman–Crippen MR) is 88.4 cm³/mol. The summed E-state index contributed by atoms with van der Waals surface area (Å²) in [6, 6.07) is 3.19. The van der Waals surface area contributed by atoms with Gasteiger partial charge in [-0.15, -0.1) is 0 Å². The Labute approximate surface area is 139 Å². The second-order valence-electron chi connectivity index (χ2n) is 6.18. The second kappa shape index (κ2) is 7.78. The van der Waals surface area contributed by atoms with E-state index in [1.54, 1.807) is 19.2 Å². The molecule has 0 fully saturated rings. The Kier molecular flexibility index (Phi) is 6.62. The first-order chi connectivity index (χ1) is 10.2. The van der Waals surface area contributed by atoms with E-state index in [0.717, 1.165) is 6.42 Å². The van der Waals surface area contributed by atoms with E-state index in [4.69, 9.17) is 10.2 Å². The van der Waals surface area contributed by atoms with Crippen LogP contribution in [0.5, 0.6) is 0 Å². The highest BCUT2D eigenvalue weighted by Gasteiger charge is 2.27. The summed E-state index contributed by atoms with van der Waals surface area (Å²) in [5, 5.41) is 2.92. The molecule has 1 aromatic heterocycles. The average Bonchev–Trinajstić information content (AvgIpc) is 2.83. The molecule has 1 aromatic rings. The van der Waals surface area contributed by atoms with E-state index in [0.29, 0.717) is 17.1 Å². The summed E-state index contributed by atoms with van der Waals surface area (Å²) in [6.07, 6.45) is 0.776. The summed E-state index contributed by atoms with van der Waals surface area (Å²) < 4.78 is 5.67. The number of carbonyl (C=O) groups excluding carboxylic acids is 2. The van der Waals surface area contributed by atoms with Crippen molar-refractivity contribution in [3.63, 3.8) is 0 Å². The maximum atomic E-state index is 12.2. The molecule has 3 N–H and O–H groups in total. The van der Waals surface area contributed by atoms with Crippen LogP contribution in [0.25, 0.3) is 0 Å². The number of hydrogen-bond donors (Lipinski definition) is 2. The Balaban J connectivity index is 2.61. The topological polar surface area (TPSA) is 88.6 Å². The number of hydrogen-bond acceptors (Lipinski definition) is 4. The molecule has 0 bridgehead atoms. The van der Waals surface area contributed by atoms with E-state index in [1.807, 2.05) is 6.92 Å². The molecule has 0 saturated heterocycles. The number of furan rings is 1. The van der Waals surface area contributed by atoms with Crippen molar-refractivity contribution in [2.75, 3.05) is 20.1 Å². The van der Waals surface area contributed by atoms with Gasteiger partial charge in [0, 0.05) is 19.1 Å². The minimum atomic E-state index is -0.469. The second-order valence-corrected chi connectivity index (χ2v) is 6.96. The van der Waals surface area contributed by atoms with Crippen LogP contribution >= 0.6 is 15.9 Å². The van der Waals surface area contributed by atoms with Crippen LogP contribution in [0.2, 0.25) is 0 Å². The van der Waals surface area contributed by atoms with Gasteiger partial charge in [0.05, 0.1) is 6.54 Å². The fourth-order valence-corrected chi connectivity index (χ4v) is 2.67. The fourth-order valence-electron chi connectivity index (χ4n) is 2.37. The fraction of sp³-hybridized carbons (Fsp3) is 0.600. The monoisotopic (exact) mass is 373 g/mol. The number of halogens is 1. The van der Waals surface area contributed by atoms with Crippen LogP contribution in [0.1, 0.15) is 37.7 Å². The van der Waals surface area contributed by atoms with E-state index in [9.17, 15) is 9.59 Å². The third-order valence-corrected chi connectivity index (χ3v) is 3.69. The van der Waals surface area contributed by atoms with E-state index < -0.39 is 5.54 Å². The van der Waals surface area contributed by atoms with Gasteiger partial charge >= 0.3 is 0 Å². The molecule has 1 unspecified atom stereocenters. The molecule has 0 aliphatic heterocycles. The predicted octanol–water partition coefficient (Wildman–Crippen LogP) is 1.99. The van der Waals surface area contributed by atoms with Gasteiger partial charge in [-0.25, -0.2) is 0 Å². The summed E-state index contributed by atoms with van der Waals surface area (Å²) in [5.74, 6) is 0.00820. The molecule has 2 amide bonds. The van der Waals surface area contributed by atoms with Crippen molar-refractivity contribution >= 4 is 27.7 Å². The number of amides is 2. The molecule has 124 valence electrons. The molecule has 0 aliphatic carbocycles. The van der Waals surface area contributed by atoms with Crippen LogP contribution in [0.15, 0.2) is 21.2 Å². The van der Waals surface area contributed by atoms with Gasteiger partial charge in [0.15, 0.2) is 10.4 Å². The summed E-state index contributed by atoms with van der Waals surface area (Å²) in [6.45, 7) is 6.36. The largest absolute Gasteiger partial charge is 0.444 e. The van der Waals surface area contributed by atoms with E-state index in [-0.39, 0.29) is 24.1 Å². The van der Waals surface area contributed by atoms with Crippen LogP contribution in [0.4, 0.5) is 0 Å². The molecule has 0 radical (unpaired) electrons. The van der Waals surface area contributed by atoms with Crippen molar-refractivity contribution in [1.82, 2.24) is 10.2 Å². The zero-order chi connectivity index (χ0) is 16.9. The van der Waals surface area contributed by atoms with Crippen molar-refractivity contribution in [1.29, 1.82) is 0 Å². The standard InChI is InChI=1S/C15H24BrN3O3/c1-10(2)7-15(3,9-17)18-13(20)8-19(4)14(21)11-5-6-12(16)22-11/h5-6,10H,7-9,17H2,1-4H3,(H,18,20). The average molecular weight is 374 g/mol. The number of nitrogens with two attached hydrogens (primary N) is 1. The Morgan fingerprint density at radius 3 is 2.55 bits per heavy atom. The SMILES string of the molecule is CC(C)CC(C)(CN)NC(=O)CN(C)C(=O)c1ccc(Br)o1. The smallest absolute Gasteiger partial charge is 0.289 e. The van der Waals surface area contributed by atoms with E-state index in [2.05, 4.69) is 35.1 Å². The molecular formula is C15H24BrN3O3. The first-order valence-corrected chi connectivity index (χ1v) is 7.98. The third kappa shape index (κ3) is 5.46. The molecule has 1 rings (SSSR count). The first kappa shape index (κ1) is 18.7. The van der Waals surface area contributed by atoms with Gasteiger partial charge in [0.2, 0.25) is 5.91 Å². The zero-order valence-corrected chi connectivity index (χ0v) is 15.1. The molecular weight excluding hydrogens is 350 g/mol. The summed E-state index contributed by atoms with van der Waals surface area (Å²) in [7, 11) is 1.56. The van der Waals surface area contributed by atoms with Gasteiger partial charge in [0.1, 0.15) is 0 Å². The summed E-state index contributed by atoms with van der Waals surface area (Å²) in [4.78, 5) is 25.6. The molecule has 0 spiro atoms. The number of likely N-dealkylation sites (N-methyl/N-ethyl adjacent to an activating group) is 1. The van der Waals surface area contributed by atoms with Crippen LogP contribution in [-0.2, 0) is 4.79 Å². The van der Waals surface area contributed by atoms with Crippen LogP contribution < -0.4 is 11.1 Å². The number of rotatable bonds is 7. The van der Waals surface area contributed by atoms with Gasteiger partial charge in [-0.3, -0.25) is 9.59 Å². The third-order valence-electron chi connectivity index (χ3n) is 3.26. The van der Waals surface area contributed by atoms with Gasteiger partial charge < -0.3 is 20.4 Å². The molecule has 0 aromatic carbocycles. The van der Waals surface area contributed by atoms with Crippen molar-refractivity contribution in [3.8, 4) is 0 Å². The number of nitrogens with zero attached hydrogens (tertiary/aromatic N) is 1. The first-order valence-electron chi connectivity index (χ1n) is 7.19.